The Balaban J connectivity index is 2.25. The van der Waals surface area contributed by atoms with E-state index in [4.69, 9.17) is 20.1 Å². The number of nitrogens with zero attached hydrogens (tertiary/aromatic N) is 2. The van der Waals surface area contributed by atoms with Crippen molar-refractivity contribution in [1.29, 1.82) is 0 Å². The number of hydrogen-bond acceptors (Lipinski definition) is 9. The average Bonchev–Trinajstić information content (AvgIpc) is 3.03. The van der Waals surface area contributed by atoms with Gasteiger partial charge in [-0.1, -0.05) is 18.5 Å². The van der Waals surface area contributed by atoms with Gasteiger partial charge in [0, 0.05) is 11.8 Å². The number of carbonyl (C=O) groups is 1. The van der Waals surface area contributed by atoms with E-state index in [-0.39, 0.29) is 11.5 Å². The highest BCUT2D eigenvalue weighted by atomic mass is 32.2. The molecule has 1 aliphatic rings. The summed E-state index contributed by atoms with van der Waals surface area (Å²) < 4.78 is 10.3. The lowest BCUT2D eigenvalue weighted by atomic mass is 10.1. The van der Waals surface area contributed by atoms with Crippen molar-refractivity contribution in [3.63, 3.8) is 0 Å². The minimum atomic E-state index is -1.49. The Bertz CT molecular complexity index is 791. The highest BCUT2D eigenvalue weighted by Gasteiger charge is 2.40. The number of ether oxygens (including phenoxy) is 1. The van der Waals surface area contributed by atoms with Gasteiger partial charge in [-0.15, -0.1) is 11.8 Å². The third-order valence-corrected chi connectivity index (χ3v) is 5.05. The minimum Gasteiger partial charge on any atom is -0.496 e. The number of carbonyl (C=O) groups excluding carboxylic acids is 1. The Hall–Kier alpha value is -2.33. The molecule has 10 heteroatoms. The molecule has 0 saturated carbocycles. The van der Waals surface area contributed by atoms with Crippen LogP contribution in [0.1, 0.15) is 38.5 Å². The first-order chi connectivity index (χ1) is 12.3. The number of nitrogens with one attached hydrogen (secondary N) is 1. The van der Waals surface area contributed by atoms with Crippen LogP contribution in [0.5, 0.6) is 5.75 Å². The van der Waals surface area contributed by atoms with Crippen molar-refractivity contribution in [2.75, 3.05) is 12.9 Å². The zero-order chi connectivity index (χ0) is 19.3. The van der Waals surface area contributed by atoms with E-state index in [1.807, 2.05) is 6.92 Å². The standard InChI is InChI=1S/C16H22N4O5S/c1-4-5-11(12-6-10(24-3)7-13(21)25-12)18-15(22)16(17)8-26-14(19-16)9(2)20-23/h6-7,11,23H,4-5,8,17H2,1-3H3,(H,18,22)/b20-9+/t11-,16+/m1/s1. The van der Waals surface area contributed by atoms with Crippen molar-refractivity contribution in [3.8, 4) is 5.75 Å². The number of amides is 1. The van der Waals surface area contributed by atoms with E-state index in [2.05, 4.69) is 15.5 Å². The Morgan fingerprint density at radius 2 is 2.35 bits per heavy atom. The van der Waals surface area contributed by atoms with Crippen molar-refractivity contribution in [2.45, 2.75) is 38.4 Å². The van der Waals surface area contributed by atoms with E-state index < -0.39 is 23.2 Å². The van der Waals surface area contributed by atoms with Crippen LogP contribution in [0, 0.1) is 0 Å². The summed E-state index contributed by atoms with van der Waals surface area (Å²) in [4.78, 5) is 28.6. The van der Waals surface area contributed by atoms with Gasteiger partial charge in [-0.2, -0.15) is 0 Å². The summed E-state index contributed by atoms with van der Waals surface area (Å²) in [5.41, 5.74) is 4.36. The molecule has 2 heterocycles. The summed E-state index contributed by atoms with van der Waals surface area (Å²) in [6.45, 7) is 3.51. The minimum absolute atomic E-state index is 0.210. The van der Waals surface area contributed by atoms with Crippen LogP contribution in [-0.4, -0.2) is 40.4 Å². The van der Waals surface area contributed by atoms with Crippen molar-refractivity contribution >= 4 is 28.4 Å². The number of hydrogen-bond donors (Lipinski definition) is 3. The Morgan fingerprint density at radius 3 is 2.96 bits per heavy atom. The number of oxime groups is 1. The van der Waals surface area contributed by atoms with Crippen LogP contribution in [0.4, 0.5) is 0 Å². The van der Waals surface area contributed by atoms with Gasteiger partial charge in [0.05, 0.1) is 19.2 Å². The lowest BCUT2D eigenvalue weighted by Crippen LogP contribution is -2.54. The quantitative estimate of drug-likeness (QED) is 0.366. The van der Waals surface area contributed by atoms with E-state index in [0.29, 0.717) is 22.9 Å². The number of thioether (sulfide) groups is 1. The van der Waals surface area contributed by atoms with Crippen LogP contribution in [0.15, 0.2) is 31.5 Å². The molecule has 0 radical (unpaired) electrons. The molecule has 1 aromatic rings. The predicted octanol–water partition coefficient (Wildman–Crippen LogP) is 1.26. The van der Waals surface area contributed by atoms with E-state index in [9.17, 15) is 9.59 Å². The maximum absolute atomic E-state index is 12.7. The second-order valence-corrected chi connectivity index (χ2v) is 6.81. The fourth-order valence-electron chi connectivity index (χ4n) is 2.39. The molecule has 26 heavy (non-hydrogen) atoms. The molecule has 0 aromatic carbocycles. The van der Waals surface area contributed by atoms with Gasteiger partial charge in [0.15, 0.2) is 5.66 Å². The molecule has 0 bridgehead atoms. The number of methoxy groups -OCH3 is 1. The number of aliphatic imine (C=N–C) groups is 1. The summed E-state index contributed by atoms with van der Waals surface area (Å²) in [6.07, 6.45) is 1.28. The molecule has 0 saturated heterocycles. The highest BCUT2D eigenvalue weighted by molar-refractivity contribution is 8.16. The van der Waals surface area contributed by atoms with Gasteiger partial charge in [0.2, 0.25) is 0 Å². The van der Waals surface area contributed by atoms with E-state index in [1.54, 1.807) is 13.0 Å². The van der Waals surface area contributed by atoms with Crippen molar-refractivity contribution < 1.29 is 19.2 Å². The molecule has 9 nitrogen and oxygen atoms in total. The molecule has 1 aromatic heterocycles. The molecule has 142 valence electrons. The van der Waals surface area contributed by atoms with Crippen LogP contribution in [0.3, 0.4) is 0 Å². The summed E-state index contributed by atoms with van der Waals surface area (Å²) in [5, 5.41) is 15.1. The van der Waals surface area contributed by atoms with Gasteiger partial charge in [0.25, 0.3) is 5.91 Å². The molecule has 0 spiro atoms. The van der Waals surface area contributed by atoms with Crippen LogP contribution >= 0.6 is 11.8 Å². The average molecular weight is 382 g/mol. The second-order valence-electron chi connectivity index (χ2n) is 5.85. The topological polar surface area (TPSA) is 140 Å². The summed E-state index contributed by atoms with van der Waals surface area (Å²) in [5.74, 6) is 0.341. The largest absolute Gasteiger partial charge is 0.496 e. The normalized spacial score (nSPS) is 21.2. The van der Waals surface area contributed by atoms with Crippen molar-refractivity contribution in [1.82, 2.24) is 5.32 Å². The molecule has 2 atom stereocenters. The number of nitrogens with two attached hydrogens (primary N) is 1. The smallest absolute Gasteiger partial charge is 0.339 e. The molecule has 0 unspecified atom stereocenters. The van der Waals surface area contributed by atoms with Gasteiger partial charge in [-0.25, -0.2) is 9.79 Å². The molecular weight excluding hydrogens is 360 g/mol. The van der Waals surface area contributed by atoms with Gasteiger partial charge in [-0.05, 0) is 13.3 Å². The van der Waals surface area contributed by atoms with Gasteiger partial charge in [-0.3, -0.25) is 10.5 Å². The zero-order valence-corrected chi connectivity index (χ0v) is 15.6. The highest BCUT2D eigenvalue weighted by Crippen LogP contribution is 2.27. The van der Waals surface area contributed by atoms with Crippen LogP contribution in [0.2, 0.25) is 0 Å². The second kappa shape index (κ2) is 8.37. The maximum atomic E-state index is 12.7. The number of rotatable bonds is 7. The first kappa shape index (κ1) is 20.0. The van der Waals surface area contributed by atoms with E-state index in [1.165, 1.54) is 24.9 Å². The molecule has 4 N–H and O–H groups in total. The first-order valence-corrected chi connectivity index (χ1v) is 9.02. The SMILES string of the molecule is CCC[C@@H](NC(=O)[C@]1(N)CSC(/C(C)=N/O)=N1)c1cc(OC)cc(=O)o1. The lowest BCUT2D eigenvalue weighted by Gasteiger charge is -2.23. The fraction of sp³-hybridized carbons (Fsp3) is 0.500. The third-order valence-electron chi connectivity index (χ3n) is 3.81. The molecule has 1 amide bonds. The van der Waals surface area contributed by atoms with Crippen LogP contribution < -0.4 is 21.4 Å². The first-order valence-electron chi connectivity index (χ1n) is 8.03. The molecular formula is C16H22N4O5S. The Morgan fingerprint density at radius 1 is 1.62 bits per heavy atom. The Labute approximate surface area is 154 Å². The molecule has 0 fully saturated rings. The summed E-state index contributed by atoms with van der Waals surface area (Å²) in [6, 6.07) is 2.23. The third kappa shape index (κ3) is 4.44. The predicted molar refractivity (Wildman–Crippen MR) is 99.0 cm³/mol. The van der Waals surface area contributed by atoms with Crippen molar-refractivity contribution in [3.05, 3.63) is 28.3 Å². The van der Waals surface area contributed by atoms with Crippen LogP contribution in [0.25, 0.3) is 0 Å². The van der Waals surface area contributed by atoms with Gasteiger partial charge < -0.3 is 19.7 Å². The van der Waals surface area contributed by atoms with E-state index in [0.717, 1.165) is 6.42 Å². The maximum Gasteiger partial charge on any atom is 0.339 e. The summed E-state index contributed by atoms with van der Waals surface area (Å²) in [7, 11) is 1.44. The van der Waals surface area contributed by atoms with Crippen LogP contribution in [-0.2, 0) is 4.79 Å². The monoisotopic (exact) mass is 382 g/mol. The summed E-state index contributed by atoms with van der Waals surface area (Å²) >= 11 is 1.24. The van der Waals surface area contributed by atoms with Gasteiger partial charge in [0.1, 0.15) is 22.3 Å². The Kier molecular flexibility index (Phi) is 6.43. The van der Waals surface area contributed by atoms with Gasteiger partial charge >= 0.3 is 5.63 Å². The van der Waals surface area contributed by atoms with E-state index >= 15 is 0 Å². The molecule has 2 rings (SSSR count). The lowest BCUT2D eigenvalue weighted by molar-refractivity contribution is -0.126. The zero-order valence-electron chi connectivity index (χ0n) is 14.8. The molecule has 1 aliphatic heterocycles. The fourth-order valence-corrected chi connectivity index (χ4v) is 3.42. The molecule has 0 aliphatic carbocycles. The van der Waals surface area contributed by atoms with Crippen molar-refractivity contribution in [2.24, 2.45) is 15.9 Å².